The van der Waals surface area contributed by atoms with Gasteiger partial charge in [-0.05, 0) is 6.42 Å². The minimum atomic E-state index is -0.517. The smallest absolute Gasteiger partial charge is 0.407 e. The van der Waals surface area contributed by atoms with E-state index in [1.165, 1.54) is 32.1 Å². The summed E-state index contributed by atoms with van der Waals surface area (Å²) in [6.45, 7) is 6.20. The molecule has 0 aliphatic carbocycles. The highest BCUT2D eigenvalue weighted by molar-refractivity contribution is 5.81. The third-order valence-electron chi connectivity index (χ3n) is 2.78. The number of hydrogen-bond donors (Lipinski definition) is 1. The highest BCUT2D eigenvalue weighted by Gasteiger charge is 2.01. The molecule has 1 N–H and O–H groups in total. The Hall–Kier alpha value is -1.52. The van der Waals surface area contributed by atoms with Crippen molar-refractivity contribution in [2.45, 2.75) is 51.9 Å². The summed E-state index contributed by atoms with van der Waals surface area (Å²) in [5.41, 5.74) is 0. The Labute approximate surface area is 121 Å². The lowest BCUT2D eigenvalue weighted by Gasteiger charge is -2.07. The van der Waals surface area contributed by atoms with Crippen LogP contribution < -0.4 is 5.32 Å². The third-order valence-corrected chi connectivity index (χ3v) is 2.78. The Kier molecular flexibility index (Phi) is 12.8. The summed E-state index contributed by atoms with van der Waals surface area (Å²) in [6.07, 6.45) is 9.05. The number of carbonyl (C=O) groups excluding carboxylic acids is 2. The molecule has 0 unspecified atom stereocenters. The van der Waals surface area contributed by atoms with Crippen molar-refractivity contribution < 1.29 is 19.1 Å². The van der Waals surface area contributed by atoms with Crippen LogP contribution in [0.2, 0.25) is 0 Å². The molecule has 5 heteroatoms. The maximum Gasteiger partial charge on any atom is 0.407 e. The number of unbranched alkanes of at least 4 members (excludes halogenated alkanes) is 6. The molecule has 20 heavy (non-hydrogen) atoms. The van der Waals surface area contributed by atoms with E-state index in [9.17, 15) is 9.59 Å². The highest BCUT2D eigenvalue weighted by Crippen LogP contribution is 2.06. The van der Waals surface area contributed by atoms with Gasteiger partial charge in [-0.1, -0.05) is 52.0 Å². The molecule has 0 bridgehead atoms. The molecule has 0 aromatic carbocycles. The van der Waals surface area contributed by atoms with Crippen molar-refractivity contribution in [3.63, 3.8) is 0 Å². The minimum Gasteiger partial charge on any atom is -0.459 e. The predicted octanol–water partition coefficient (Wildman–Crippen LogP) is 3.19. The second kappa shape index (κ2) is 13.9. The monoisotopic (exact) mass is 285 g/mol. The molecule has 0 spiro atoms. The van der Waals surface area contributed by atoms with E-state index in [2.05, 4.69) is 23.6 Å². The number of amides is 1. The lowest BCUT2D eigenvalue weighted by molar-refractivity contribution is -0.138. The zero-order valence-electron chi connectivity index (χ0n) is 12.5. The van der Waals surface area contributed by atoms with E-state index < -0.39 is 12.1 Å². The zero-order valence-corrected chi connectivity index (χ0v) is 12.5. The first kappa shape index (κ1) is 18.5. The Balaban J connectivity index is 3.24. The third kappa shape index (κ3) is 12.9. The SMILES string of the molecule is C=CC(=O)OCCOC(=O)NCCCCCCCCC. The van der Waals surface area contributed by atoms with E-state index in [0.717, 1.165) is 18.9 Å². The number of rotatable bonds is 12. The first-order valence-corrected chi connectivity index (χ1v) is 7.40. The van der Waals surface area contributed by atoms with Crippen LogP contribution in [0.15, 0.2) is 12.7 Å². The Bertz CT molecular complexity index is 279. The number of carbonyl (C=O) groups is 2. The fourth-order valence-corrected chi connectivity index (χ4v) is 1.66. The van der Waals surface area contributed by atoms with Crippen LogP contribution in [0.4, 0.5) is 4.79 Å². The average Bonchev–Trinajstić information content (AvgIpc) is 2.46. The summed E-state index contributed by atoms with van der Waals surface area (Å²) < 4.78 is 9.50. The van der Waals surface area contributed by atoms with E-state index in [0.29, 0.717) is 6.54 Å². The van der Waals surface area contributed by atoms with Crippen LogP contribution >= 0.6 is 0 Å². The van der Waals surface area contributed by atoms with Crippen molar-refractivity contribution in [1.29, 1.82) is 0 Å². The van der Waals surface area contributed by atoms with Crippen LogP contribution in [0.5, 0.6) is 0 Å². The van der Waals surface area contributed by atoms with Gasteiger partial charge in [0.25, 0.3) is 0 Å². The fraction of sp³-hybridized carbons (Fsp3) is 0.733. The van der Waals surface area contributed by atoms with Crippen LogP contribution in [-0.2, 0) is 14.3 Å². The second-order valence-corrected chi connectivity index (χ2v) is 4.56. The first-order chi connectivity index (χ1) is 9.70. The number of alkyl carbamates (subject to hydrolysis) is 1. The molecule has 0 aromatic rings. The molecule has 0 heterocycles. The van der Waals surface area contributed by atoms with Gasteiger partial charge in [-0.3, -0.25) is 0 Å². The van der Waals surface area contributed by atoms with E-state index in [-0.39, 0.29) is 13.2 Å². The van der Waals surface area contributed by atoms with Crippen LogP contribution in [0.1, 0.15) is 51.9 Å². The molecule has 0 aromatic heterocycles. The van der Waals surface area contributed by atoms with Crippen LogP contribution in [0.25, 0.3) is 0 Å². The molecule has 0 saturated carbocycles. The van der Waals surface area contributed by atoms with E-state index in [1.54, 1.807) is 0 Å². The van der Waals surface area contributed by atoms with Crippen LogP contribution in [-0.4, -0.2) is 31.8 Å². The van der Waals surface area contributed by atoms with Gasteiger partial charge >= 0.3 is 12.1 Å². The number of ether oxygens (including phenoxy) is 2. The number of esters is 1. The van der Waals surface area contributed by atoms with E-state index in [1.807, 2.05) is 0 Å². The fourth-order valence-electron chi connectivity index (χ4n) is 1.66. The van der Waals surface area contributed by atoms with Gasteiger partial charge in [-0.2, -0.15) is 0 Å². The summed E-state index contributed by atoms with van der Waals surface area (Å²) in [5, 5.41) is 2.67. The lowest BCUT2D eigenvalue weighted by atomic mass is 10.1. The standard InChI is InChI=1S/C15H27NO4/c1-3-5-6-7-8-9-10-11-16-15(18)20-13-12-19-14(17)4-2/h4H,2-3,5-13H2,1H3,(H,16,18). The molecule has 0 atom stereocenters. The summed E-state index contributed by atoms with van der Waals surface area (Å²) in [4.78, 5) is 21.9. The van der Waals surface area contributed by atoms with Gasteiger partial charge in [0.2, 0.25) is 0 Å². The van der Waals surface area contributed by atoms with Crippen LogP contribution in [0.3, 0.4) is 0 Å². The predicted molar refractivity (Wildman–Crippen MR) is 78.5 cm³/mol. The second-order valence-electron chi connectivity index (χ2n) is 4.56. The van der Waals surface area contributed by atoms with Crippen molar-refractivity contribution in [2.24, 2.45) is 0 Å². The summed E-state index contributed by atoms with van der Waals surface area (Å²) in [5.74, 6) is -0.517. The normalized spacial score (nSPS) is 9.85. The largest absolute Gasteiger partial charge is 0.459 e. The quantitative estimate of drug-likeness (QED) is 0.340. The topological polar surface area (TPSA) is 64.6 Å². The Morgan fingerprint density at radius 3 is 2.25 bits per heavy atom. The maximum absolute atomic E-state index is 11.2. The van der Waals surface area contributed by atoms with Gasteiger partial charge in [0.1, 0.15) is 13.2 Å². The van der Waals surface area contributed by atoms with Gasteiger partial charge < -0.3 is 14.8 Å². The van der Waals surface area contributed by atoms with Gasteiger partial charge in [-0.15, -0.1) is 0 Å². The molecule has 0 aliphatic rings. The zero-order chi connectivity index (χ0) is 15.1. The molecule has 5 nitrogen and oxygen atoms in total. The van der Waals surface area contributed by atoms with Gasteiger partial charge in [0.05, 0.1) is 0 Å². The first-order valence-electron chi connectivity index (χ1n) is 7.40. The lowest BCUT2D eigenvalue weighted by Crippen LogP contribution is -2.26. The Morgan fingerprint density at radius 2 is 1.60 bits per heavy atom. The molecule has 116 valence electrons. The van der Waals surface area contributed by atoms with Crippen molar-refractivity contribution in [3.8, 4) is 0 Å². The molecule has 0 rings (SSSR count). The van der Waals surface area contributed by atoms with Gasteiger partial charge in [0, 0.05) is 12.6 Å². The summed E-state index contributed by atoms with van der Waals surface area (Å²) in [7, 11) is 0. The molecular weight excluding hydrogens is 258 g/mol. The van der Waals surface area contributed by atoms with Crippen LogP contribution in [0, 0.1) is 0 Å². The van der Waals surface area contributed by atoms with E-state index in [4.69, 9.17) is 4.74 Å². The van der Waals surface area contributed by atoms with E-state index >= 15 is 0 Å². The summed E-state index contributed by atoms with van der Waals surface area (Å²) >= 11 is 0. The molecule has 1 amide bonds. The molecule has 0 aliphatic heterocycles. The average molecular weight is 285 g/mol. The van der Waals surface area contributed by atoms with Gasteiger partial charge in [0.15, 0.2) is 0 Å². The number of nitrogens with one attached hydrogen (secondary N) is 1. The minimum absolute atomic E-state index is 0.0513. The molecular formula is C15H27NO4. The molecule has 0 fully saturated rings. The highest BCUT2D eigenvalue weighted by atomic mass is 16.6. The molecule has 0 radical (unpaired) electrons. The number of hydrogen-bond acceptors (Lipinski definition) is 4. The maximum atomic E-state index is 11.2. The Morgan fingerprint density at radius 1 is 1.00 bits per heavy atom. The van der Waals surface area contributed by atoms with Crippen molar-refractivity contribution >= 4 is 12.1 Å². The van der Waals surface area contributed by atoms with Crippen molar-refractivity contribution in [1.82, 2.24) is 5.32 Å². The molecule has 0 saturated heterocycles. The van der Waals surface area contributed by atoms with Crippen molar-refractivity contribution in [2.75, 3.05) is 19.8 Å². The van der Waals surface area contributed by atoms with Gasteiger partial charge in [-0.25, -0.2) is 9.59 Å². The summed E-state index contributed by atoms with van der Waals surface area (Å²) in [6, 6.07) is 0. The van der Waals surface area contributed by atoms with Crippen molar-refractivity contribution in [3.05, 3.63) is 12.7 Å².